The lowest BCUT2D eigenvalue weighted by Crippen LogP contribution is -2.05. The Balaban J connectivity index is 2.24. The predicted octanol–water partition coefficient (Wildman–Crippen LogP) is 2.24. The van der Waals surface area contributed by atoms with E-state index in [4.69, 9.17) is 5.11 Å². The van der Waals surface area contributed by atoms with E-state index in [1.165, 1.54) is 0 Å². The maximum atomic E-state index is 10.5. The van der Waals surface area contributed by atoms with Crippen LogP contribution in [0.4, 0.5) is 0 Å². The van der Waals surface area contributed by atoms with Gasteiger partial charge < -0.3 is 9.67 Å². The van der Waals surface area contributed by atoms with E-state index in [0.717, 1.165) is 11.1 Å². The lowest BCUT2D eigenvalue weighted by atomic mass is 10.1. The van der Waals surface area contributed by atoms with Gasteiger partial charge in [-0.1, -0.05) is 30.3 Å². The molecule has 1 aromatic carbocycles. The predicted molar refractivity (Wildman–Crippen MR) is 57.5 cm³/mol. The van der Waals surface area contributed by atoms with Crippen LogP contribution in [0.15, 0.2) is 48.8 Å². The fourth-order valence-corrected chi connectivity index (χ4v) is 1.50. The second-order valence-corrected chi connectivity index (χ2v) is 3.33. The number of hydrogen-bond donors (Lipinski definition) is 1. The molecule has 1 aromatic heterocycles. The van der Waals surface area contributed by atoms with Crippen LogP contribution in [0.2, 0.25) is 0 Å². The molecule has 0 amide bonds. The summed E-state index contributed by atoms with van der Waals surface area (Å²) in [5, 5.41) is 8.63. The number of carboxylic acid groups (broad SMARTS) is 1. The van der Waals surface area contributed by atoms with Crippen molar-refractivity contribution in [1.29, 1.82) is 0 Å². The first-order valence-corrected chi connectivity index (χ1v) is 4.69. The summed E-state index contributed by atoms with van der Waals surface area (Å²) in [6, 6.07) is 11.8. The first kappa shape index (κ1) is 9.52. The largest absolute Gasteiger partial charge is 0.480 e. The van der Waals surface area contributed by atoms with E-state index in [1.54, 1.807) is 10.8 Å². The third kappa shape index (κ3) is 2.26. The maximum absolute atomic E-state index is 10.5. The summed E-state index contributed by atoms with van der Waals surface area (Å²) in [4.78, 5) is 10.5. The third-order valence-corrected chi connectivity index (χ3v) is 2.18. The molecule has 0 aliphatic heterocycles. The number of nitrogens with zero attached hydrogens (tertiary/aromatic N) is 1. The number of benzene rings is 1. The Morgan fingerprint density at radius 3 is 2.53 bits per heavy atom. The molecule has 0 unspecified atom stereocenters. The van der Waals surface area contributed by atoms with Gasteiger partial charge in [-0.05, 0) is 17.2 Å². The van der Waals surface area contributed by atoms with E-state index in [0.29, 0.717) is 0 Å². The van der Waals surface area contributed by atoms with Gasteiger partial charge in [0.15, 0.2) is 0 Å². The van der Waals surface area contributed by atoms with E-state index >= 15 is 0 Å². The number of aromatic nitrogens is 1. The molecule has 0 atom stereocenters. The third-order valence-electron chi connectivity index (χ3n) is 2.18. The van der Waals surface area contributed by atoms with Crippen LogP contribution in [-0.2, 0) is 11.3 Å². The van der Waals surface area contributed by atoms with Gasteiger partial charge in [0.05, 0.1) is 0 Å². The quantitative estimate of drug-likeness (QED) is 0.827. The lowest BCUT2D eigenvalue weighted by molar-refractivity contribution is -0.137. The average molecular weight is 201 g/mol. The molecule has 1 N–H and O–H groups in total. The maximum Gasteiger partial charge on any atom is 0.323 e. The van der Waals surface area contributed by atoms with Crippen molar-refractivity contribution in [2.75, 3.05) is 0 Å². The summed E-state index contributed by atoms with van der Waals surface area (Å²) >= 11 is 0. The normalized spacial score (nSPS) is 10.1. The van der Waals surface area contributed by atoms with Crippen LogP contribution in [0.1, 0.15) is 0 Å². The molecule has 76 valence electrons. The molecule has 0 bridgehead atoms. The number of carbonyl (C=O) groups is 1. The Morgan fingerprint density at radius 2 is 1.87 bits per heavy atom. The Labute approximate surface area is 87.6 Å². The molecule has 0 aliphatic carbocycles. The van der Waals surface area contributed by atoms with Gasteiger partial charge in [-0.2, -0.15) is 0 Å². The van der Waals surface area contributed by atoms with Gasteiger partial charge in [0.2, 0.25) is 0 Å². The molecule has 2 rings (SSSR count). The second kappa shape index (κ2) is 4.00. The zero-order valence-corrected chi connectivity index (χ0v) is 8.13. The molecular weight excluding hydrogens is 190 g/mol. The highest BCUT2D eigenvalue weighted by atomic mass is 16.4. The Hall–Kier alpha value is -2.03. The summed E-state index contributed by atoms with van der Waals surface area (Å²) in [6.45, 7) is 0.00678. The highest BCUT2D eigenvalue weighted by molar-refractivity contribution is 5.68. The van der Waals surface area contributed by atoms with Gasteiger partial charge in [0.1, 0.15) is 6.54 Å². The number of hydrogen-bond acceptors (Lipinski definition) is 1. The second-order valence-electron chi connectivity index (χ2n) is 3.33. The van der Waals surface area contributed by atoms with Crippen molar-refractivity contribution in [3.63, 3.8) is 0 Å². The standard InChI is InChI=1S/C12H11NO2/c14-12(15)9-13-7-6-11(8-13)10-4-2-1-3-5-10/h1-8H,9H2,(H,14,15). The van der Waals surface area contributed by atoms with E-state index in [9.17, 15) is 4.79 Å². The first-order valence-electron chi connectivity index (χ1n) is 4.69. The van der Waals surface area contributed by atoms with Crippen LogP contribution in [-0.4, -0.2) is 15.6 Å². The van der Waals surface area contributed by atoms with Crippen molar-refractivity contribution in [3.05, 3.63) is 48.8 Å². The van der Waals surface area contributed by atoms with Crippen LogP contribution >= 0.6 is 0 Å². The summed E-state index contributed by atoms with van der Waals surface area (Å²) in [5.41, 5.74) is 2.14. The lowest BCUT2D eigenvalue weighted by Gasteiger charge is -1.97. The summed E-state index contributed by atoms with van der Waals surface area (Å²) in [7, 11) is 0. The van der Waals surface area contributed by atoms with Gasteiger partial charge in [-0.25, -0.2) is 0 Å². The monoisotopic (exact) mass is 201 g/mol. The number of rotatable bonds is 3. The van der Waals surface area contributed by atoms with Gasteiger partial charge in [-0.15, -0.1) is 0 Å². The summed E-state index contributed by atoms with van der Waals surface area (Å²) in [6.07, 6.45) is 3.61. The minimum absolute atomic E-state index is 0.00678. The molecule has 0 spiro atoms. The van der Waals surface area contributed by atoms with Crippen molar-refractivity contribution >= 4 is 5.97 Å². The first-order chi connectivity index (χ1) is 7.25. The Morgan fingerprint density at radius 1 is 1.13 bits per heavy atom. The molecule has 0 saturated carbocycles. The van der Waals surface area contributed by atoms with Gasteiger partial charge in [0, 0.05) is 12.4 Å². The van der Waals surface area contributed by atoms with E-state index in [2.05, 4.69) is 0 Å². The van der Waals surface area contributed by atoms with E-state index in [1.807, 2.05) is 42.6 Å². The fourth-order valence-electron chi connectivity index (χ4n) is 1.50. The molecule has 0 saturated heterocycles. The highest BCUT2D eigenvalue weighted by Gasteiger charge is 2.02. The Bertz CT molecular complexity index is 459. The van der Waals surface area contributed by atoms with Crippen molar-refractivity contribution < 1.29 is 9.90 Å². The number of carboxylic acids is 1. The molecule has 0 radical (unpaired) electrons. The van der Waals surface area contributed by atoms with Gasteiger partial charge in [0.25, 0.3) is 0 Å². The van der Waals surface area contributed by atoms with Crippen LogP contribution in [0, 0.1) is 0 Å². The minimum Gasteiger partial charge on any atom is -0.480 e. The van der Waals surface area contributed by atoms with Crippen molar-refractivity contribution in [1.82, 2.24) is 4.57 Å². The zero-order chi connectivity index (χ0) is 10.7. The van der Waals surface area contributed by atoms with E-state index in [-0.39, 0.29) is 6.54 Å². The van der Waals surface area contributed by atoms with Crippen LogP contribution in [0.5, 0.6) is 0 Å². The zero-order valence-electron chi connectivity index (χ0n) is 8.13. The molecule has 15 heavy (non-hydrogen) atoms. The smallest absolute Gasteiger partial charge is 0.323 e. The molecular formula is C12H11NO2. The van der Waals surface area contributed by atoms with Gasteiger partial charge in [-0.3, -0.25) is 4.79 Å². The van der Waals surface area contributed by atoms with Crippen LogP contribution in [0.3, 0.4) is 0 Å². The molecule has 3 nitrogen and oxygen atoms in total. The van der Waals surface area contributed by atoms with Crippen molar-refractivity contribution in [3.8, 4) is 11.1 Å². The summed E-state index contributed by atoms with van der Waals surface area (Å²) < 4.78 is 1.66. The molecule has 3 heteroatoms. The fraction of sp³-hybridized carbons (Fsp3) is 0.0833. The number of aliphatic carboxylic acids is 1. The minimum atomic E-state index is -0.829. The molecule has 0 fully saturated rings. The highest BCUT2D eigenvalue weighted by Crippen LogP contribution is 2.18. The van der Waals surface area contributed by atoms with Gasteiger partial charge >= 0.3 is 5.97 Å². The topological polar surface area (TPSA) is 42.2 Å². The molecule has 2 aromatic rings. The average Bonchev–Trinajstić information content (AvgIpc) is 2.67. The van der Waals surface area contributed by atoms with E-state index < -0.39 is 5.97 Å². The Kier molecular flexibility index (Phi) is 2.54. The molecule has 0 aliphatic rings. The molecule has 1 heterocycles. The van der Waals surface area contributed by atoms with Crippen molar-refractivity contribution in [2.45, 2.75) is 6.54 Å². The van der Waals surface area contributed by atoms with Crippen molar-refractivity contribution in [2.24, 2.45) is 0 Å². The van der Waals surface area contributed by atoms with Crippen LogP contribution < -0.4 is 0 Å². The SMILES string of the molecule is O=C(O)Cn1ccc(-c2ccccc2)c1. The van der Waals surface area contributed by atoms with Crippen LogP contribution in [0.25, 0.3) is 11.1 Å². The summed E-state index contributed by atoms with van der Waals surface area (Å²) in [5.74, 6) is -0.829.